The third kappa shape index (κ3) is 3.91. The standard InChI is InChI=1S/C20H16N2O5S/c23-20-21-18-11-10-17(12-19(18)27-20)28(24,25)22-15-6-8-16(9-7-15)26-13-14-4-2-1-3-5-14/h1-12,22H,13H2,(H,21,23). The van der Waals surface area contributed by atoms with E-state index in [1.165, 1.54) is 18.2 Å². The van der Waals surface area contributed by atoms with E-state index >= 15 is 0 Å². The lowest BCUT2D eigenvalue weighted by atomic mass is 10.2. The Morgan fingerprint density at radius 3 is 2.46 bits per heavy atom. The molecule has 0 atom stereocenters. The summed E-state index contributed by atoms with van der Waals surface area (Å²) in [6.07, 6.45) is 0. The first-order valence-corrected chi connectivity index (χ1v) is 9.90. The number of benzene rings is 3. The Kier molecular flexibility index (Phi) is 4.62. The predicted octanol–water partition coefficient (Wildman–Crippen LogP) is 3.50. The number of sulfonamides is 1. The lowest BCUT2D eigenvalue weighted by molar-refractivity contribution is 0.306. The number of ether oxygens (including phenoxy) is 1. The van der Waals surface area contributed by atoms with Crippen LogP contribution in [-0.2, 0) is 16.6 Å². The Morgan fingerprint density at radius 2 is 1.71 bits per heavy atom. The van der Waals surface area contributed by atoms with Crippen LogP contribution in [0.5, 0.6) is 5.75 Å². The highest BCUT2D eigenvalue weighted by Gasteiger charge is 2.16. The fourth-order valence-corrected chi connectivity index (χ4v) is 3.74. The summed E-state index contributed by atoms with van der Waals surface area (Å²) in [4.78, 5) is 13.7. The third-order valence-corrected chi connectivity index (χ3v) is 5.44. The van der Waals surface area contributed by atoms with Crippen molar-refractivity contribution in [3.05, 3.63) is 88.9 Å². The molecule has 0 unspecified atom stereocenters. The molecule has 7 nitrogen and oxygen atoms in total. The van der Waals surface area contributed by atoms with Crippen LogP contribution < -0.4 is 15.2 Å². The molecule has 0 aliphatic rings. The van der Waals surface area contributed by atoms with E-state index in [9.17, 15) is 13.2 Å². The minimum absolute atomic E-state index is 0.00726. The van der Waals surface area contributed by atoms with Crippen molar-refractivity contribution >= 4 is 26.8 Å². The minimum atomic E-state index is -3.83. The molecule has 28 heavy (non-hydrogen) atoms. The highest BCUT2D eigenvalue weighted by molar-refractivity contribution is 7.92. The summed E-state index contributed by atoms with van der Waals surface area (Å²) in [5.74, 6) is -0.00841. The van der Waals surface area contributed by atoms with Gasteiger partial charge in [-0.05, 0) is 42.0 Å². The van der Waals surface area contributed by atoms with Crippen LogP contribution in [0.15, 0.2) is 86.9 Å². The molecule has 0 aliphatic heterocycles. The van der Waals surface area contributed by atoms with Gasteiger partial charge >= 0.3 is 5.76 Å². The van der Waals surface area contributed by atoms with Crippen molar-refractivity contribution in [2.45, 2.75) is 11.5 Å². The molecular formula is C20H16N2O5S. The van der Waals surface area contributed by atoms with Crippen LogP contribution in [0.4, 0.5) is 5.69 Å². The number of anilines is 1. The van der Waals surface area contributed by atoms with Crippen molar-refractivity contribution in [2.75, 3.05) is 4.72 Å². The molecule has 0 saturated heterocycles. The van der Waals surface area contributed by atoms with Crippen LogP contribution in [0.25, 0.3) is 11.1 Å². The molecule has 1 heterocycles. The molecule has 0 amide bonds. The number of fused-ring (bicyclic) bond motifs is 1. The second-order valence-electron chi connectivity index (χ2n) is 6.08. The smallest absolute Gasteiger partial charge is 0.417 e. The maximum absolute atomic E-state index is 12.6. The number of aromatic nitrogens is 1. The van der Waals surface area contributed by atoms with Gasteiger partial charge in [0.15, 0.2) is 5.58 Å². The Balaban J connectivity index is 1.47. The number of nitrogens with one attached hydrogen (secondary N) is 2. The zero-order valence-corrected chi connectivity index (χ0v) is 15.4. The van der Waals surface area contributed by atoms with Gasteiger partial charge in [-0.3, -0.25) is 9.71 Å². The molecule has 4 rings (SSSR count). The molecule has 3 aromatic carbocycles. The van der Waals surface area contributed by atoms with Gasteiger partial charge in [0, 0.05) is 11.8 Å². The fourth-order valence-electron chi connectivity index (χ4n) is 2.67. The van der Waals surface area contributed by atoms with Crippen LogP contribution in [-0.4, -0.2) is 13.4 Å². The quantitative estimate of drug-likeness (QED) is 0.519. The van der Waals surface area contributed by atoms with E-state index in [2.05, 4.69) is 9.71 Å². The summed E-state index contributed by atoms with van der Waals surface area (Å²) in [7, 11) is -3.83. The molecule has 0 fully saturated rings. The summed E-state index contributed by atoms with van der Waals surface area (Å²) in [5, 5.41) is 0. The molecule has 0 aliphatic carbocycles. The molecule has 8 heteroatoms. The number of hydrogen-bond donors (Lipinski definition) is 2. The molecule has 0 radical (unpaired) electrons. The van der Waals surface area contributed by atoms with Gasteiger partial charge in [-0.15, -0.1) is 0 Å². The molecule has 0 saturated carbocycles. The lowest BCUT2D eigenvalue weighted by Crippen LogP contribution is -2.12. The third-order valence-electron chi connectivity index (χ3n) is 4.06. The Morgan fingerprint density at radius 1 is 0.964 bits per heavy atom. The first-order valence-electron chi connectivity index (χ1n) is 8.42. The monoisotopic (exact) mass is 396 g/mol. The van der Waals surface area contributed by atoms with Crippen molar-refractivity contribution in [1.82, 2.24) is 4.98 Å². The fraction of sp³-hybridized carbons (Fsp3) is 0.0500. The number of H-pyrrole nitrogens is 1. The number of oxazole rings is 1. The molecule has 0 bridgehead atoms. The van der Waals surface area contributed by atoms with E-state index in [4.69, 9.17) is 9.15 Å². The minimum Gasteiger partial charge on any atom is -0.489 e. The zero-order chi connectivity index (χ0) is 19.6. The highest BCUT2D eigenvalue weighted by atomic mass is 32.2. The normalized spacial score (nSPS) is 11.4. The largest absolute Gasteiger partial charge is 0.489 e. The van der Waals surface area contributed by atoms with Crippen molar-refractivity contribution in [3.63, 3.8) is 0 Å². The van der Waals surface area contributed by atoms with E-state index in [0.717, 1.165) is 5.56 Å². The highest BCUT2D eigenvalue weighted by Crippen LogP contribution is 2.22. The Bertz CT molecular complexity index is 1260. The SMILES string of the molecule is O=c1[nH]c2ccc(S(=O)(=O)Nc3ccc(OCc4ccccc4)cc3)cc2o1. The molecular weight excluding hydrogens is 380 g/mol. The van der Waals surface area contributed by atoms with Crippen LogP contribution in [0.1, 0.15) is 5.56 Å². The number of rotatable bonds is 6. The van der Waals surface area contributed by atoms with Crippen molar-refractivity contribution in [2.24, 2.45) is 0 Å². The van der Waals surface area contributed by atoms with E-state index < -0.39 is 15.8 Å². The molecule has 142 valence electrons. The van der Waals surface area contributed by atoms with Crippen LogP contribution in [0.3, 0.4) is 0 Å². The van der Waals surface area contributed by atoms with E-state index in [0.29, 0.717) is 23.6 Å². The van der Waals surface area contributed by atoms with Crippen LogP contribution >= 0.6 is 0 Å². The average molecular weight is 396 g/mol. The average Bonchev–Trinajstić information content (AvgIpc) is 3.07. The summed E-state index contributed by atoms with van der Waals surface area (Å²) in [6.45, 7) is 0.424. The van der Waals surface area contributed by atoms with Crippen LogP contribution in [0.2, 0.25) is 0 Å². The van der Waals surface area contributed by atoms with Gasteiger partial charge in [0.1, 0.15) is 12.4 Å². The van der Waals surface area contributed by atoms with Gasteiger partial charge in [0.2, 0.25) is 0 Å². The number of aromatic amines is 1. The van der Waals surface area contributed by atoms with Crippen molar-refractivity contribution in [3.8, 4) is 5.75 Å². The summed E-state index contributed by atoms with van der Waals surface area (Å²) >= 11 is 0. The number of hydrogen-bond acceptors (Lipinski definition) is 5. The topological polar surface area (TPSA) is 101 Å². The molecule has 4 aromatic rings. The van der Waals surface area contributed by atoms with Gasteiger partial charge in [-0.1, -0.05) is 30.3 Å². The summed E-state index contributed by atoms with van der Waals surface area (Å²) in [6, 6.07) is 20.5. The molecule has 2 N–H and O–H groups in total. The van der Waals surface area contributed by atoms with Gasteiger partial charge in [-0.2, -0.15) is 0 Å². The summed E-state index contributed by atoms with van der Waals surface area (Å²) < 4.78 is 38.2. The Labute approximate surface area is 160 Å². The van der Waals surface area contributed by atoms with Gasteiger partial charge in [0.05, 0.1) is 10.4 Å². The first-order chi connectivity index (χ1) is 13.5. The Hall–Kier alpha value is -3.52. The zero-order valence-electron chi connectivity index (χ0n) is 14.6. The second kappa shape index (κ2) is 7.24. The van der Waals surface area contributed by atoms with E-state index in [-0.39, 0.29) is 10.5 Å². The molecule has 0 spiro atoms. The summed E-state index contributed by atoms with van der Waals surface area (Å²) in [5.41, 5.74) is 2.04. The first kappa shape index (κ1) is 17.9. The van der Waals surface area contributed by atoms with E-state index in [1.54, 1.807) is 24.3 Å². The van der Waals surface area contributed by atoms with Gasteiger partial charge < -0.3 is 9.15 Å². The predicted molar refractivity (Wildman–Crippen MR) is 105 cm³/mol. The van der Waals surface area contributed by atoms with Crippen LogP contribution in [0, 0.1) is 0 Å². The van der Waals surface area contributed by atoms with E-state index in [1.807, 2.05) is 30.3 Å². The van der Waals surface area contributed by atoms with Gasteiger partial charge in [0.25, 0.3) is 10.0 Å². The second-order valence-corrected chi connectivity index (χ2v) is 7.76. The molecule has 1 aromatic heterocycles. The maximum atomic E-state index is 12.6. The van der Waals surface area contributed by atoms with Crippen molar-refractivity contribution < 1.29 is 17.6 Å². The van der Waals surface area contributed by atoms with Crippen molar-refractivity contribution in [1.29, 1.82) is 0 Å². The maximum Gasteiger partial charge on any atom is 0.417 e. The lowest BCUT2D eigenvalue weighted by Gasteiger charge is -2.10. The van der Waals surface area contributed by atoms with Gasteiger partial charge in [-0.25, -0.2) is 13.2 Å².